The van der Waals surface area contributed by atoms with Crippen molar-refractivity contribution < 1.29 is 13.5 Å². The Kier molecular flexibility index (Phi) is 10.5. The molecule has 3 rings (SSSR count). The minimum atomic E-state index is -0.860. The van der Waals surface area contributed by atoms with E-state index < -0.39 is 11.6 Å². The lowest BCUT2D eigenvalue weighted by Gasteiger charge is -2.37. The minimum Gasteiger partial charge on any atom is -0.491 e. The Hall–Kier alpha value is -1.38. The lowest BCUT2D eigenvalue weighted by Crippen LogP contribution is -2.25. The highest BCUT2D eigenvalue weighted by Gasteiger charge is 2.30. The Bertz CT molecular complexity index is 697. The number of hydrogen-bond acceptors (Lipinski definition) is 1. The molecule has 0 heterocycles. The largest absolute Gasteiger partial charge is 0.491 e. The van der Waals surface area contributed by atoms with Crippen molar-refractivity contribution in [2.75, 3.05) is 6.61 Å². The molecule has 3 heteroatoms. The predicted molar refractivity (Wildman–Crippen MR) is 130 cm³/mol. The number of halogens is 2. The van der Waals surface area contributed by atoms with Gasteiger partial charge in [-0.25, -0.2) is 4.39 Å². The van der Waals surface area contributed by atoms with E-state index in [-0.39, 0.29) is 5.75 Å². The van der Waals surface area contributed by atoms with Gasteiger partial charge in [-0.3, -0.25) is 0 Å². The van der Waals surface area contributed by atoms with Crippen LogP contribution in [0.3, 0.4) is 0 Å². The summed E-state index contributed by atoms with van der Waals surface area (Å²) >= 11 is 0. The van der Waals surface area contributed by atoms with Gasteiger partial charge in [-0.2, -0.15) is 4.39 Å². The number of rotatable bonds is 11. The molecule has 0 spiro atoms. The molecule has 2 saturated carbocycles. The van der Waals surface area contributed by atoms with E-state index in [9.17, 15) is 8.78 Å². The highest BCUT2D eigenvalue weighted by atomic mass is 19.2. The fourth-order valence-corrected chi connectivity index (χ4v) is 6.00. The van der Waals surface area contributed by atoms with Gasteiger partial charge in [0.15, 0.2) is 11.6 Å². The summed E-state index contributed by atoms with van der Waals surface area (Å²) in [6, 6.07) is 3.20. The number of ether oxygens (including phenoxy) is 1. The standard InChI is InChI=1S/C29H44F2O/c1-3-5-6-9-22-12-16-24(17-13-22)25-18-14-23(15-19-25)10-7-8-11-26-20-21-27(32-4-2)29(31)28(26)30/h7,10,20-25H,3-6,8-9,11-19H2,1-2H3. The van der Waals surface area contributed by atoms with Gasteiger partial charge in [-0.05, 0) is 93.6 Å². The molecule has 180 valence electrons. The summed E-state index contributed by atoms with van der Waals surface area (Å²) in [5, 5.41) is 0. The van der Waals surface area contributed by atoms with Crippen molar-refractivity contribution in [1.29, 1.82) is 0 Å². The SMILES string of the molecule is CCCCCC1CCC(C2CCC(C=CCCc3ccc(OCC)c(F)c3F)CC2)CC1. The van der Waals surface area contributed by atoms with Crippen LogP contribution in [0, 0.1) is 35.3 Å². The van der Waals surface area contributed by atoms with Crippen LogP contribution in [0.5, 0.6) is 5.75 Å². The number of unbranched alkanes of at least 4 members (excludes halogenated alkanes) is 2. The third kappa shape index (κ3) is 7.32. The molecule has 1 aromatic rings. The van der Waals surface area contributed by atoms with Gasteiger partial charge in [0.05, 0.1) is 6.61 Å². The van der Waals surface area contributed by atoms with Crippen LogP contribution in [0.15, 0.2) is 24.3 Å². The molecule has 1 aromatic carbocycles. The Labute approximate surface area is 195 Å². The Morgan fingerprint density at radius 3 is 2.22 bits per heavy atom. The van der Waals surface area contributed by atoms with Gasteiger partial charge in [-0.1, -0.05) is 63.7 Å². The van der Waals surface area contributed by atoms with Gasteiger partial charge < -0.3 is 4.74 Å². The molecule has 0 atom stereocenters. The molecule has 0 radical (unpaired) electrons. The van der Waals surface area contributed by atoms with Crippen LogP contribution in [0.4, 0.5) is 8.78 Å². The second-order valence-corrected chi connectivity index (χ2v) is 10.2. The lowest BCUT2D eigenvalue weighted by atomic mass is 9.68. The molecule has 2 aliphatic rings. The summed E-state index contributed by atoms with van der Waals surface area (Å²) in [5.41, 5.74) is 0.435. The molecular formula is C29H44F2O. The van der Waals surface area contributed by atoms with Crippen molar-refractivity contribution >= 4 is 0 Å². The summed E-state index contributed by atoms with van der Waals surface area (Å²) in [5.74, 6) is 1.97. The molecule has 2 aliphatic carbocycles. The maximum atomic E-state index is 14.2. The molecule has 32 heavy (non-hydrogen) atoms. The average molecular weight is 447 g/mol. The van der Waals surface area contributed by atoms with Crippen molar-refractivity contribution in [1.82, 2.24) is 0 Å². The van der Waals surface area contributed by atoms with E-state index >= 15 is 0 Å². The van der Waals surface area contributed by atoms with E-state index in [0.717, 1.165) is 24.2 Å². The van der Waals surface area contributed by atoms with E-state index in [1.165, 1.54) is 77.0 Å². The van der Waals surface area contributed by atoms with Crippen molar-refractivity contribution in [2.24, 2.45) is 23.7 Å². The average Bonchev–Trinajstić information content (AvgIpc) is 2.82. The third-order valence-electron chi connectivity index (χ3n) is 8.01. The van der Waals surface area contributed by atoms with E-state index in [2.05, 4.69) is 19.1 Å². The van der Waals surface area contributed by atoms with Crippen LogP contribution in [-0.2, 0) is 6.42 Å². The zero-order valence-electron chi connectivity index (χ0n) is 20.4. The molecule has 0 bridgehead atoms. The Morgan fingerprint density at radius 1 is 0.875 bits per heavy atom. The first kappa shape index (κ1) is 25.2. The summed E-state index contributed by atoms with van der Waals surface area (Å²) < 4.78 is 33.3. The summed E-state index contributed by atoms with van der Waals surface area (Å²) in [6.07, 6.45) is 22.7. The van der Waals surface area contributed by atoms with Crippen molar-refractivity contribution in [3.05, 3.63) is 41.5 Å². The Balaban J connectivity index is 1.34. The zero-order valence-corrected chi connectivity index (χ0v) is 20.4. The quantitative estimate of drug-likeness (QED) is 0.243. The smallest absolute Gasteiger partial charge is 0.200 e. The minimum absolute atomic E-state index is 0.00558. The monoisotopic (exact) mass is 446 g/mol. The van der Waals surface area contributed by atoms with E-state index in [1.807, 2.05) is 0 Å². The predicted octanol–water partition coefficient (Wildman–Crippen LogP) is 9.05. The second-order valence-electron chi connectivity index (χ2n) is 10.2. The molecule has 1 nitrogen and oxygen atoms in total. The summed E-state index contributed by atoms with van der Waals surface area (Å²) in [7, 11) is 0. The fourth-order valence-electron chi connectivity index (χ4n) is 6.00. The topological polar surface area (TPSA) is 9.23 Å². The molecule has 0 unspecified atom stereocenters. The molecular weight excluding hydrogens is 402 g/mol. The first-order chi connectivity index (χ1) is 15.6. The highest BCUT2D eigenvalue weighted by Crippen LogP contribution is 2.42. The molecule has 0 N–H and O–H groups in total. The van der Waals surface area contributed by atoms with Gasteiger partial charge in [0.25, 0.3) is 0 Å². The second kappa shape index (κ2) is 13.4. The van der Waals surface area contributed by atoms with Crippen LogP contribution in [0.25, 0.3) is 0 Å². The normalized spacial score (nSPS) is 26.5. The molecule has 2 fully saturated rings. The maximum Gasteiger partial charge on any atom is 0.200 e. The van der Waals surface area contributed by atoms with Crippen LogP contribution >= 0.6 is 0 Å². The summed E-state index contributed by atoms with van der Waals surface area (Å²) in [6.45, 7) is 4.40. The molecule has 0 amide bonds. The highest BCUT2D eigenvalue weighted by molar-refractivity contribution is 5.31. The van der Waals surface area contributed by atoms with Gasteiger partial charge in [-0.15, -0.1) is 0 Å². The van der Waals surface area contributed by atoms with Crippen LogP contribution in [0.1, 0.15) is 103 Å². The first-order valence-electron chi connectivity index (χ1n) is 13.4. The van der Waals surface area contributed by atoms with Crippen molar-refractivity contribution in [3.63, 3.8) is 0 Å². The lowest BCUT2D eigenvalue weighted by molar-refractivity contribution is 0.151. The van der Waals surface area contributed by atoms with Crippen LogP contribution < -0.4 is 4.74 Å². The van der Waals surface area contributed by atoms with Gasteiger partial charge >= 0.3 is 0 Å². The Morgan fingerprint density at radius 2 is 1.56 bits per heavy atom. The number of aryl methyl sites for hydroxylation is 1. The summed E-state index contributed by atoms with van der Waals surface area (Å²) in [4.78, 5) is 0. The van der Waals surface area contributed by atoms with E-state index in [4.69, 9.17) is 4.74 Å². The number of allylic oxidation sites excluding steroid dienone is 2. The van der Waals surface area contributed by atoms with Crippen LogP contribution in [0.2, 0.25) is 0 Å². The van der Waals surface area contributed by atoms with Crippen molar-refractivity contribution in [2.45, 2.75) is 104 Å². The number of benzene rings is 1. The third-order valence-corrected chi connectivity index (χ3v) is 8.01. The van der Waals surface area contributed by atoms with E-state index in [1.54, 1.807) is 19.1 Å². The zero-order chi connectivity index (χ0) is 22.8. The van der Waals surface area contributed by atoms with Gasteiger partial charge in [0.2, 0.25) is 5.82 Å². The van der Waals surface area contributed by atoms with Gasteiger partial charge in [0, 0.05) is 0 Å². The van der Waals surface area contributed by atoms with Crippen LogP contribution in [-0.4, -0.2) is 6.61 Å². The van der Waals surface area contributed by atoms with E-state index in [0.29, 0.717) is 24.5 Å². The molecule has 0 saturated heterocycles. The number of hydrogen-bond donors (Lipinski definition) is 0. The fraction of sp³-hybridized carbons (Fsp3) is 0.724. The van der Waals surface area contributed by atoms with Gasteiger partial charge in [0.1, 0.15) is 0 Å². The molecule has 0 aromatic heterocycles. The molecule has 0 aliphatic heterocycles. The first-order valence-corrected chi connectivity index (χ1v) is 13.4. The maximum absolute atomic E-state index is 14.2. The van der Waals surface area contributed by atoms with Crippen molar-refractivity contribution in [3.8, 4) is 5.75 Å².